The van der Waals surface area contributed by atoms with Crippen molar-refractivity contribution < 1.29 is 9.84 Å². The van der Waals surface area contributed by atoms with Crippen molar-refractivity contribution in [2.75, 3.05) is 6.61 Å². The van der Waals surface area contributed by atoms with Crippen molar-refractivity contribution in [3.8, 4) is 16.9 Å². The molecule has 2 nitrogen and oxygen atoms in total. The summed E-state index contributed by atoms with van der Waals surface area (Å²) in [4.78, 5) is 0. The lowest BCUT2D eigenvalue weighted by Gasteiger charge is -2.12. The average molecular weight is 382 g/mol. The number of aliphatic hydroxyl groups is 1. The number of ether oxygens (including phenoxy) is 1. The van der Waals surface area contributed by atoms with Crippen molar-refractivity contribution in [2.24, 2.45) is 0 Å². The zero-order chi connectivity index (χ0) is 19.9. The quantitative estimate of drug-likeness (QED) is 0.330. The van der Waals surface area contributed by atoms with E-state index in [0.29, 0.717) is 6.61 Å². The van der Waals surface area contributed by atoms with E-state index >= 15 is 0 Å². The van der Waals surface area contributed by atoms with Crippen LogP contribution >= 0.6 is 0 Å². The standard InChI is InChI=1S/C26H37O2/c1-2-3-4-5-6-7-8-9-10-14-17-25(27)22-28-26-20-18-24(19-21-26)23-15-12-11-13-16-23/h11-13,15,18-21,25,27H,2-10,14,17,22H2,1H3. The zero-order valence-corrected chi connectivity index (χ0v) is 17.5. The second-order valence-corrected chi connectivity index (χ2v) is 7.74. The minimum Gasteiger partial charge on any atom is -0.491 e. The van der Waals surface area contributed by atoms with Crippen LogP contribution in [0.3, 0.4) is 0 Å². The van der Waals surface area contributed by atoms with Crippen LogP contribution in [0, 0.1) is 6.07 Å². The van der Waals surface area contributed by atoms with Gasteiger partial charge in [-0.2, -0.15) is 0 Å². The van der Waals surface area contributed by atoms with E-state index < -0.39 is 0 Å². The van der Waals surface area contributed by atoms with Crippen molar-refractivity contribution in [3.63, 3.8) is 0 Å². The van der Waals surface area contributed by atoms with Crippen molar-refractivity contribution >= 4 is 0 Å². The molecule has 1 radical (unpaired) electrons. The maximum Gasteiger partial charge on any atom is 0.119 e. The fraction of sp³-hybridized carbons (Fsp3) is 0.538. The normalized spacial score (nSPS) is 12.1. The topological polar surface area (TPSA) is 29.5 Å². The molecule has 2 aromatic rings. The molecule has 0 aliphatic carbocycles. The van der Waals surface area contributed by atoms with Gasteiger partial charge in [-0.05, 0) is 35.7 Å². The molecule has 0 fully saturated rings. The van der Waals surface area contributed by atoms with Crippen LogP contribution in [0.4, 0.5) is 0 Å². The van der Waals surface area contributed by atoms with E-state index in [1.54, 1.807) is 0 Å². The Morgan fingerprint density at radius 2 is 1.46 bits per heavy atom. The van der Waals surface area contributed by atoms with Gasteiger partial charge in [-0.3, -0.25) is 0 Å². The molecule has 0 saturated carbocycles. The molecule has 0 amide bonds. The summed E-state index contributed by atoms with van der Waals surface area (Å²) in [7, 11) is 0. The number of aliphatic hydroxyl groups excluding tert-OH is 1. The van der Waals surface area contributed by atoms with Gasteiger partial charge >= 0.3 is 0 Å². The number of hydrogen-bond donors (Lipinski definition) is 1. The van der Waals surface area contributed by atoms with Gasteiger partial charge in [0.25, 0.3) is 0 Å². The largest absolute Gasteiger partial charge is 0.491 e. The Balaban J connectivity index is 1.51. The SMILES string of the molecule is CCCCCCCCCCCCC(O)COc1ccc(-c2[c]cccc2)cc1. The van der Waals surface area contributed by atoms with Crippen molar-refractivity contribution in [2.45, 2.75) is 83.7 Å². The van der Waals surface area contributed by atoms with E-state index in [2.05, 4.69) is 13.0 Å². The fourth-order valence-electron chi connectivity index (χ4n) is 3.45. The van der Waals surface area contributed by atoms with Gasteiger partial charge in [0.15, 0.2) is 0 Å². The highest BCUT2D eigenvalue weighted by atomic mass is 16.5. The van der Waals surface area contributed by atoms with Crippen LogP contribution in [0.2, 0.25) is 0 Å². The molecule has 1 N–H and O–H groups in total. The van der Waals surface area contributed by atoms with Crippen LogP contribution in [-0.2, 0) is 0 Å². The van der Waals surface area contributed by atoms with Crippen LogP contribution < -0.4 is 4.74 Å². The predicted octanol–water partition coefficient (Wildman–Crippen LogP) is 7.20. The lowest BCUT2D eigenvalue weighted by molar-refractivity contribution is 0.0975. The molecular weight excluding hydrogens is 344 g/mol. The minimum absolute atomic E-state index is 0.369. The second kappa shape index (κ2) is 14.2. The zero-order valence-electron chi connectivity index (χ0n) is 17.5. The van der Waals surface area contributed by atoms with Crippen LogP contribution in [-0.4, -0.2) is 17.8 Å². The molecule has 0 aliphatic heterocycles. The van der Waals surface area contributed by atoms with E-state index in [9.17, 15) is 5.11 Å². The highest BCUT2D eigenvalue weighted by molar-refractivity contribution is 5.63. The molecular formula is C26H37O2. The summed E-state index contributed by atoms with van der Waals surface area (Å²) in [5, 5.41) is 10.1. The van der Waals surface area contributed by atoms with Gasteiger partial charge in [0.05, 0.1) is 6.10 Å². The van der Waals surface area contributed by atoms with E-state index in [-0.39, 0.29) is 6.10 Å². The number of hydrogen-bond acceptors (Lipinski definition) is 2. The average Bonchev–Trinajstić information content (AvgIpc) is 2.74. The Morgan fingerprint density at radius 3 is 2.07 bits per heavy atom. The Hall–Kier alpha value is -1.80. The molecule has 2 heteroatoms. The van der Waals surface area contributed by atoms with Crippen molar-refractivity contribution in [3.05, 3.63) is 54.6 Å². The third-order valence-electron chi connectivity index (χ3n) is 5.21. The lowest BCUT2D eigenvalue weighted by Crippen LogP contribution is -2.17. The third-order valence-corrected chi connectivity index (χ3v) is 5.21. The second-order valence-electron chi connectivity index (χ2n) is 7.74. The molecule has 28 heavy (non-hydrogen) atoms. The molecule has 0 aliphatic rings. The summed E-state index contributed by atoms with van der Waals surface area (Å²) < 4.78 is 5.74. The first-order valence-corrected chi connectivity index (χ1v) is 11.2. The Kier molecular flexibility index (Phi) is 11.4. The van der Waals surface area contributed by atoms with Gasteiger partial charge in [0.1, 0.15) is 12.4 Å². The molecule has 2 aromatic carbocycles. The molecule has 2 rings (SSSR count). The molecule has 153 valence electrons. The Bertz CT molecular complexity index is 606. The highest BCUT2D eigenvalue weighted by Crippen LogP contribution is 2.22. The number of benzene rings is 2. The number of rotatable bonds is 15. The molecule has 0 bridgehead atoms. The minimum atomic E-state index is -0.379. The van der Waals surface area contributed by atoms with Gasteiger partial charge in [-0.25, -0.2) is 0 Å². The monoisotopic (exact) mass is 381 g/mol. The first-order valence-electron chi connectivity index (χ1n) is 11.2. The van der Waals surface area contributed by atoms with Gasteiger partial charge < -0.3 is 9.84 Å². The predicted molar refractivity (Wildman–Crippen MR) is 119 cm³/mol. The first-order chi connectivity index (χ1) is 13.8. The lowest BCUT2D eigenvalue weighted by atomic mass is 10.0. The van der Waals surface area contributed by atoms with Crippen LogP contribution in [0.5, 0.6) is 5.75 Å². The Morgan fingerprint density at radius 1 is 0.821 bits per heavy atom. The molecule has 1 unspecified atom stereocenters. The van der Waals surface area contributed by atoms with Gasteiger partial charge in [0.2, 0.25) is 0 Å². The molecule has 0 saturated heterocycles. The number of unbranched alkanes of at least 4 members (excludes halogenated alkanes) is 9. The highest BCUT2D eigenvalue weighted by Gasteiger charge is 2.06. The summed E-state index contributed by atoms with van der Waals surface area (Å²) in [5.74, 6) is 0.807. The van der Waals surface area contributed by atoms with Crippen molar-refractivity contribution in [1.29, 1.82) is 0 Å². The molecule has 0 spiro atoms. The molecule has 1 atom stereocenters. The smallest absolute Gasteiger partial charge is 0.119 e. The van der Waals surface area contributed by atoms with Gasteiger partial charge in [-0.15, -0.1) is 0 Å². The summed E-state index contributed by atoms with van der Waals surface area (Å²) in [6.45, 7) is 2.63. The first kappa shape index (κ1) is 22.5. The van der Waals surface area contributed by atoms with Gasteiger partial charge in [0, 0.05) is 0 Å². The maximum atomic E-state index is 10.1. The van der Waals surface area contributed by atoms with E-state index in [1.165, 1.54) is 57.8 Å². The van der Waals surface area contributed by atoms with Crippen molar-refractivity contribution in [1.82, 2.24) is 0 Å². The van der Waals surface area contributed by atoms with Gasteiger partial charge in [-0.1, -0.05) is 108 Å². The van der Waals surface area contributed by atoms with E-state index in [1.807, 2.05) is 48.5 Å². The van der Waals surface area contributed by atoms with Crippen LogP contribution in [0.25, 0.3) is 11.1 Å². The Labute approximate surface area is 172 Å². The summed E-state index contributed by atoms with van der Waals surface area (Å²) in [5.41, 5.74) is 2.20. The third kappa shape index (κ3) is 9.41. The van der Waals surface area contributed by atoms with Crippen LogP contribution in [0.15, 0.2) is 48.5 Å². The van der Waals surface area contributed by atoms with Crippen LogP contribution in [0.1, 0.15) is 77.6 Å². The van der Waals surface area contributed by atoms with E-state index in [0.717, 1.165) is 29.7 Å². The maximum absolute atomic E-state index is 10.1. The summed E-state index contributed by atoms with van der Waals surface area (Å²) >= 11 is 0. The molecule has 0 heterocycles. The van der Waals surface area contributed by atoms with E-state index in [4.69, 9.17) is 4.74 Å². The fourth-order valence-corrected chi connectivity index (χ4v) is 3.45. The summed E-state index contributed by atoms with van der Waals surface area (Å²) in [6.07, 6.45) is 13.6. The molecule has 0 aromatic heterocycles. The summed E-state index contributed by atoms with van der Waals surface area (Å²) in [6, 6.07) is 19.2.